The number of nitrogens with zero attached hydrogens (tertiary/aromatic N) is 1. The van der Waals surface area contributed by atoms with Gasteiger partial charge in [-0.3, -0.25) is 0 Å². The lowest BCUT2D eigenvalue weighted by atomic mass is 10.1. The van der Waals surface area contributed by atoms with Crippen LogP contribution in [0.2, 0.25) is 0 Å². The van der Waals surface area contributed by atoms with Crippen molar-refractivity contribution in [3.8, 4) is 5.75 Å². The van der Waals surface area contributed by atoms with Crippen LogP contribution in [0.5, 0.6) is 5.75 Å². The maximum Gasteiger partial charge on any atom is 0.122 e. The van der Waals surface area contributed by atoms with Gasteiger partial charge in [-0.05, 0) is 50.8 Å². The highest BCUT2D eigenvalue weighted by molar-refractivity contribution is 9.10. The van der Waals surface area contributed by atoms with Gasteiger partial charge in [0.25, 0.3) is 0 Å². The zero-order valence-electron chi connectivity index (χ0n) is 9.87. The van der Waals surface area contributed by atoms with Crippen LogP contribution in [0.25, 0.3) is 0 Å². The molecule has 0 radical (unpaired) electrons. The van der Waals surface area contributed by atoms with Crippen LogP contribution in [0.3, 0.4) is 0 Å². The maximum atomic E-state index is 5.74. The Morgan fingerprint density at radius 1 is 1.38 bits per heavy atom. The molecule has 3 nitrogen and oxygen atoms in total. The molecule has 0 aliphatic rings. The third kappa shape index (κ3) is 4.51. The number of ether oxygens (including phenoxy) is 1. The summed E-state index contributed by atoms with van der Waals surface area (Å²) in [5.41, 5.74) is 6.74. The number of likely N-dealkylation sites (N-methyl/N-ethyl adjacent to an activating group) is 1. The van der Waals surface area contributed by atoms with Crippen LogP contribution in [0.4, 0.5) is 0 Å². The van der Waals surface area contributed by atoms with Gasteiger partial charge in [-0.2, -0.15) is 0 Å². The minimum Gasteiger partial charge on any atom is -0.492 e. The molecule has 2 N–H and O–H groups in total. The minimum atomic E-state index is 0.639. The van der Waals surface area contributed by atoms with Crippen molar-refractivity contribution >= 4 is 15.9 Å². The van der Waals surface area contributed by atoms with Gasteiger partial charge in [0.15, 0.2) is 0 Å². The molecule has 0 saturated carbocycles. The summed E-state index contributed by atoms with van der Waals surface area (Å²) in [5, 5.41) is 0. The van der Waals surface area contributed by atoms with Crippen LogP contribution in [0, 0.1) is 0 Å². The fraction of sp³-hybridized carbons (Fsp3) is 0.500. The molecule has 4 heteroatoms. The molecule has 0 spiro atoms. The van der Waals surface area contributed by atoms with Crippen LogP contribution in [-0.2, 0) is 6.42 Å². The highest BCUT2D eigenvalue weighted by Gasteiger charge is 2.04. The average Bonchev–Trinajstić information content (AvgIpc) is 2.21. The van der Waals surface area contributed by atoms with E-state index in [1.807, 2.05) is 26.2 Å². The fourth-order valence-corrected chi connectivity index (χ4v) is 1.79. The average molecular weight is 287 g/mol. The largest absolute Gasteiger partial charge is 0.492 e. The number of halogens is 1. The van der Waals surface area contributed by atoms with Crippen molar-refractivity contribution in [2.45, 2.75) is 6.42 Å². The lowest BCUT2D eigenvalue weighted by molar-refractivity contribution is 0.259. The van der Waals surface area contributed by atoms with Crippen LogP contribution in [-0.4, -0.2) is 38.7 Å². The van der Waals surface area contributed by atoms with Crippen molar-refractivity contribution in [3.63, 3.8) is 0 Å². The molecule has 0 saturated heterocycles. The third-order valence-electron chi connectivity index (χ3n) is 2.23. The standard InChI is InChI=1S/C12H19BrN2O/c1-15(2)7-8-16-12-4-3-11(13)9-10(12)5-6-14/h3-4,9H,5-8,14H2,1-2H3. The Bertz CT molecular complexity index is 329. The predicted molar refractivity (Wildman–Crippen MR) is 70.9 cm³/mol. The first-order chi connectivity index (χ1) is 7.63. The quantitative estimate of drug-likeness (QED) is 0.868. The van der Waals surface area contributed by atoms with Crippen molar-refractivity contribution in [2.24, 2.45) is 5.73 Å². The Kier molecular flexibility index (Phi) is 5.80. The Labute approximate surface area is 106 Å². The summed E-state index contributed by atoms with van der Waals surface area (Å²) in [5.74, 6) is 0.940. The minimum absolute atomic E-state index is 0.639. The van der Waals surface area contributed by atoms with E-state index in [1.54, 1.807) is 0 Å². The highest BCUT2D eigenvalue weighted by atomic mass is 79.9. The van der Waals surface area contributed by atoms with Crippen molar-refractivity contribution in [1.29, 1.82) is 0 Å². The van der Waals surface area contributed by atoms with Crippen molar-refractivity contribution in [3.05, 3.63) is 28.2 Å². The summed E-state index contributed by atoms with van der Waals surface area (Å²) >= 11 is 3.45. The first-order valence-electron chi connectivity index (χ1n) is 5.39. The van der Waals surface area contributed by atoms with Gasteiger partial charge in [0.05, 0.1) is 0 Å². The fourth-order valence-electron chi connectivity index (χ4n) is 1.38. The molecule has 0 atom stereocenters. The monoisotopic (exact) mass is 286 g/mol. The Balaban J connectivity index is 2.63. The number of benzene rings is 1. The molecule has 1 aromatic carbocycles. The summed E-state index contributed by atoms with van der Waals surface area (Å²) in [6.45, 7) is 2.25. The molecule has 90 valence electrons. The van der Waals surface area contributed by atoms with Crippen LogP contribution >= 0.6 is 15.9 Å². The number of hydrogen-bond acceptors (Lipinski definition) is 3. The Hall–Kier alpha value is -0.580. The van der Waals surface area contributed by atoms with Gasteiger partial charge in [0, 0.05) is 11.0 Å². The molecule has 1 aromatic rings. The van der Waals surface area contributed by atoms with Gasteiger partial charge in [-0.25, -0.2) is 0 Å². The molecule has 16 heavy (non-hydrogen) atoms. The molecular weight excluding hydrogens is 268 g/mol. The van der Waals surface area contributed by atoms with Gasteiger partial charge >= 0.3 is 0 Å². The smallest absolute Gasteiger partial charge is 0.122 e. The van der Waals surface area contributed by atoms with Crippen LogP contribution < -0.4 is 10.5 Å². The molecule has 0 heterocycles. The first-order valence-corrected chi connectivity index (χ1v) is 6.19. The van der Waals surface area contributed by atoms with E-state index in [-0.39, 0.29) is 0 Å². The van der Waals surface area contributed by atoms with Gasteiger partial charge in [-0.15, -0.1) is 0 Å². The van der Waals surface area contributed by atoms with Crippen molar-refractivity contribution < 1.29 is 4.74 Å². The molecule has 0 unspecified atom stereocenters. The summed E-state index contributed by atoms with van der Waals surface area (Å²) in [7, 11) is 4.07. The van der Waals surface area contributed by atoms with E-state index < -0.39 is 0 Å². The van der Waals surface area contributed by atoms with Gasteiger partial charge in [-0.1, -0.05) is 15.9 Å². The molecule has 1 rings (SSSR count). The predicted octanol–water partition coefficient (Wildman–Crippen LogP) is 1.89. The maximum absolute atomic E-state index is 5.74. The summed E-state index contributed by atoms with van der Waals surface area (Å²) in [6.07, 6.45) is 0.844. The number of rotatable bonds is 6. The van der Waals surface area contributed by atoms with E-state index in [1.165, 1.54) is 0 Å². The normalized spacial score (nSPS) is 10.8. The number of nitrogens with two attached hydrogens (primary N) is 1. The summed E-state index contributed by atoms with van der Waals surface area (Å²) < 4.78 is 6.80. The Morgan fingerprint density at radius 2 is 2.12 bits per heavy atom. The van der Waals surface area contributed by atoms with Gasteiger partial charge < -0.3 is 15.4 Å². The van der Waals surface area contributed by atoms with Crippen molar-refractivity contribution in [1.82, 2.24) is 4.90 Å². The van der Waals surface area contributed by atoms with Crippen LogP contribution in [0.1, 0.15) is 5.56 Å². The number of hydrogen-bond donors (Lipinski definition) is 1. The van der Waals surface area contributed by atoms with E-state index in [0.717, 1.165) is 28.8 Å². The second kappa shape index (κ2) is 6.89. The summed E-state index contributed by atoms with van der Waals surface area (Å²) in [6, 6.07) is 6.05. The molecular formula is C12H19BrN2O. The second-order valence-corrected chi connectivity index (χ2v) is 4.86. The van der Waals surface area contributed by atoms with E-state index >= 15 is 0 Å². The Morgan fingerprint density at radius 3 is 2.75 bits per heavy atom. The van der Waals surface area contributed by atoms with Gasteiger partial charge in [0.1, 0.15) is 12.4 Å². The lowest BCUT2D eigenvalue weighted by Crippen LogP contribution is -2.20. The van der Waals surface area contributed by atoms with E-state index in [0.29, 0.717) is 13.2 Å². The van der Waals surface area contributed by atoms with E-state index in [2.05, 4.69) is 26.9 Å². The molecule has 0 bridgehead atoms. The SMILES string of the molecule is CN(C)CCOc1ccc(Br)cc1CCN. The molecule has 0 aromatic heterocycles. The summed E-state index contributed by atoms with van der Waals surface area (Å²) in [4.78, 5) is 2.10. The van der Waals surface area contributed by atoms with Crippen LogP contribution in [0.15, 0.2) is 22.7 Å². The second-order valence-electron chi connectivity index (χ2n) is 3.94. The molecule has 0 amide bonds. The highest BCUT2D eigenvalue weighted by Crippen LogP contribution is 2.23. The molecule has 0 fully saturated rings. The molecule has 0 aliphatic carbocycles. The molecule has 0 aliphatic heterocycles. The van der Waals surface area contributed by atoms with E-state index in [4.69, 9.17) is 10.5 Å². The first kappa shape index (κ1) is 13.5. The topological polar surface area (TPSA) is 38.5 Å². The van der Waals surface area contributed by atoms with Crippen molar-refractivity contribution in [2.75, 3.05) is 33.8 Å². The lowest BCUT2D eigenvalue weighted by Gasteiger charge is -2.14. The zero-order valence-corrected chi connectivity index (χ0v) is 11.5. The van der Waals surface area contributed by atoms with Gasteiger partial charge in [0.2, 0.25) is 0 Å². The zero-order chi connectivity index (χ0) is 12.0. The van der Waals surface area contributed by atoms with E-state index in [9.17, 15) is 0 Å². The third-order valence-corrected chi connectivity index (χ3v) is 2.73.